The summed E-state index contributed by atoms with van der Waals surface area (Å²) in [5, 5.41) is 10.6. The van der Waals surface area contributed by atoms with Gasteiger partial charge in [-0.1, -0.05) is 30.0 Å². The average molecular weight is 407 g/mol. The lowest BCUT2D eigenvalue weighted by Gasteiger charge is -2.27. The van der Waals surface area contributed by atoms with Crippen LogP contribution in [0.2, 0.25) is 0 Å². The van der Waals surface area contributed by atoms with E-state index in [1.165, 1.54) is 35.7 Å². The van der Waals surface area contributed by atoms with Crippen LogP contribution in [-0.2, 0) is 17.6 Å². The Labute approximate surface area is 176 Å². The number of carbonyl (C=O) groups excluding carboxylic acids is 1. The second-order valence-electron chi connectivity index (χ2n) is 7.66. The zero-order valence-electron chi connectivity index (χ0n) is 16.9. The van der Waals surface area contributed by atoms with E-state index in [0.29, 0.717) is 10.6 Å². The van der Waals surface area contributed by atoms with Gasteiger partial charge in [-0.15, -0.1) is 0 Å². The second kappa shape index (κ2) is 8.87. The molecule has 1 aromatic carbocycles. The number of amides is 1. The summed E-state index contributed by atoms with van der Waals surface area (Å²) in [7, 11) is 1.79. The van der Waals surface area contributed by atoms with Crippen molar-refractivity contribution in [2.24, 2.45) is 0 Å². The first-order valence-corrected chi connectivity index (χ1v) is 11.3. The molecule has 5 nitrogen and oxygen atoms in total. The summed E-state index contributed by atoms with van der Waals surface area (Å²) in [6.07, 6.45) is 6.60. The SMILES string of the molecule is CN(C(=O)CSc1nc(N2CCCC2)c2c(c1C#N)CCCC2)c1ccccc1. The van der Waals surface area contributed by atoms with Gasteiger partial charge in [0.2, 0.25) is 5.91 Å². The van der Waals surface area contributed by atoms with Gasteiger partial charge in [0.1, 0.15) is 16.9 Å². The Balaban J connectivity index is 1.60. The van der Waals surface area contributed by atoms with E-state index < -0.39 is 0 Å². The van der Waals surface area contributed by atoms with Crippen LogP contribution in [0.25, 0.3) is 0 Å². The average Bonchev–Trinajstić information content (AvgIpc) is 3.31. The Morgan fingerprint density at radius 1 is 1.14 bits per heavy atom. The number of benzene rings is 1. The fraction of sp³-hybridized carbons (Fsp3) is 0.435. The van der Waals surface area contributed by atoms with Crippen LogP contribution < -0.4 is 9.80 Å². The molecular formula is C23H26N4OS. The molecule has 1 aliphatic carbocycles. The molecule has 0 unspecified atom stereocenters. The maximum absolute atomic E-state index is 12.7. The number of carbonyl (C=O) groups is 1. The third-order valence-electron chi connectivity index (χ3n) is 5.83. The normalized spacial score (nSPS) is 15.7. The molecule has 2 aliphatic rings. The van der Waals surface area contributed by atoms with Crippen LogP contribution in [0.15, 0.2) is 35.4 Å². The molecule has 2 aromatic rings. The smallest absolute Gasteiger partial charge is 0.237 e. The monoisotopic (exact) mass is 406 g/mol. The first-order chi connectivity index (χ1) is 14.2. The number of pyridine rings is 1. The van der Waals surface area contributed by atoms with Gasteiger partial charge in [-0.05, 0) is 61.8 Å². The van der Waals surface area contributed by atoms with E-state index in [9.17, 15) is 10.1 Å². The summed E-state index contributed by atoms with van der Waals surface area (Å²) in [4.78, 5) is 21.7. The highest BCUT2D eigenvalue weighted by Crippen LogP contribution is 2.37. The Morgan fingerprint density at radius 3 is 2.52 bits per heavy atom. The molecule has 29 heavy (non-hydrogen) atoms. The Hall–Kier alpha value is -2.52. The van der Waals surface area contributed by atoms with E-state index >= 15 is 0 Å². The van der Waals surface area contributed by atoms with Crippen LogP contribution in [0.3, 0.4) is 0 Å². The van der Waals surface area contributed by atoms with Gasteiger partial charge in [-0.2, -0.15) is 5.26 Å². The molecule has 0 radical (unpaired) electrons. The quantitative estimate of drug-likeness (QED) is 0.697. The number of thioether (sulfide) groups is 1. The van der Waals surface area contributed by atoms with Crippen molar-refractivity contribution < 1.29 is 4.79 Å². The topological polar surface area (TPSA) is 60.2 Å². The van der Waals surface area contributed by atoms with Crippen molar-refractivity contribution in [1.82, 2.24) is 4.98 Å². The maximum Gasteiger partial charge on any atom is 0.237 e. The summed E-state index contributed by atoms with van der Waals surface area (Å²) >= 11 is 1.40. The van der Waals surface area contributed by atoms with Gasteiger partial charge in [-0.25, -0.2) is 4.98 Å². The number of para-hydroxylation sites is 1. The molecular weight excluding hydrogens is 380 g/mol. The molecule has 0 bridgehead atoms. The number of hydrogen-bond donors (Lipinski definition) is 0. The number of fused-ring (bicyclic) bond motifs is 1. The van der Waals surface area contributed by atoms with Crippen LogP contribution >= 0.6 is 11.8 Å². The van der Waals surface area contributed by atoms with E-state index in [1.54, 1.807) is 11.9 Å². The summed E-state index contributed by atoms with van der Waals surface area (Å²) in [6.45, 7) is 2.07. The minimum Gasteiger partial charge on any atom is -0.356 e. The molecule has 150 valence electrons. The fourth-order valence-electron chi connectivity index (χ4n) is 4.21. The molecule has 1 fully saturated rings. The van der Waals surface area contributed by atoms with E-state index in [-0.39, 0.29) is 11.7 Å². The van der Waals surface area contributed by atoms with Crippen molar-refractivity contribution >= 4 is 29.2 Å². The molecule has 1 amide bonds. The Kier molecular flexibility index (Phi) is 6.05. The lowest BCUT2D eigenvalue weighted by Crippen LogP contribution is -2.28. The van der Waals surface area contributed by atoms with Crippen molar-refractivity contribution in [2.45, 2.75) is 43.6 Å². The number of hydrogen-bond acceptors (Lipinski definition) is 5. The fourth-order valence-corrected chi connectivity index (χ4v) is 5.13. The van der Waals surface area contributed by atoms with Crippen LogP contribution in [0.5, 0.6) is 0 Å². The summed E-state index contributed by atoms with van der Waals surface area (Å²) in [6, 6.07) is 12.0. The molecule has 1 aromatic heterocycles. The highest BCUT2D eigenvalue weighted by Gasteiger charge is 2.27. The summed E-state index contributed by atoms with van der Waals surface area (Å²) in [5.74, 6) is 1.33. The van der Waals surface area contributed by atoms with Crippen molar-refractivity contribution in [3.63, 3.8) is 0 Å². The highest BCUT2D eigenvalue weighted by molar-refractivity contribution is 8.00. The number of rotatable bonds is 5. The van der Waals surface area contributed by atoms with Gasteiger partial charge in [0.25, 0.3) is 0 Å². The first kappa shape index (κ1) is 19.8. The number of nitriles is 1. The predicted molar refractivity (Wildman–Crippen MR) is 118 cm³/mol. The van der Waals surface area contributed by atoms with Crippen LogP contribution in [0, 0.1) is 11.3 Å². The van der Waals surface area contributed by atoms with Gasteiger partial charge < -0.3 is 9.80 Å². The molecule has 0 atom stereocenters. The lowest BCUT2D eigenvalue weighted by atomic mass is 9.89. The molecule has 0 spiro atoms. The van der Waals surface area contributed by atoms with Crippen LogP contribution in [0.1, 0.15) is 42.4 Å². The Morgan fingerprint density at radius 2 is 1.83 bits per heavy atom. The summed E-state index contributed by atoms with van der Waals surface area (Å²) < 4.78 is 0. The van der Waals surface area contributed by atoms with Crippen molar-refractivity contribution in [3.05, 3.63) is 47.0 Å². The van der Waals surface area contributed by atoms with Crippen molar-refractivity contribution in [1.29, 1.82) is 5.26 Å². The lowest BCUT2D eigenvalue weighted by molar-refractivity contribution is -0.115. The number of aromatic nitrogens is 1. The molecule has 6 heteroatoms. The van der Waals surface area contributed by atoms with E-state index in [2.05, 4.69) is 11.0 Å². The van der Waals surface area contributed by atoms with E-state index in [0.717, 1.165) is 50.3 Å². The second-order valence-corrected chi connectivity index (χ2v) is 8.63. The molecule has 4 rings (SSSR count). The van der Waals surface area contributed by atoms with E-state index in [1.807, 2.05) is 30.3 Å². The van der Waals surface area contributed by atoms with E-state index in [4.69, 9.17) is 4.98 Å². The van der Waals surface area contributed by atoms with Crippen molar-refractivity contribution in [2.75, 3.05) is 35.7 Å². The minimum atomic E-state index is 0.00679. The zero-order valence-corrected chi connectivity index (χ0v) is 17.7. The number of anilines is 2. The molecule has 0 N–H and O–H groups in total. The van der Waals surface area contributed by atoms with Gasteiger partial charge in [0, 0.05) is 25.8 Å². The Bertz CT molecular complexity index is 932. The first-order valence-electron chi connectivity index (χ1n) is 10.3. The minimum absolute atomic E-state index is 0.00679. The van der Waals surface area contributed by atoms with Crippen LogP contribution in [-0.4, -0.2) is 36.8 Å². The predicted octanol–water partition coefficient (Wildman–Crippen LogP) is 4.19. The molecule has 0 saturated carbocycles. The van der Waals surface area contributed by atoms with Crippen molar-refractivity contribution in [3.8, 4) is 6.07 Å². The number of nitrogens with zero attached hydrogens (tertiary/aromatic N) is 4. The molecule has 1 saturated heterocycles. The highest BCUT2D eigenvalue weighted by atomic mass is 32.2. The third kappa shape index (κ3) is 4.11. The standard InChI is InChI=1S/C23H26N4OS/c1-26(17-9-3-2-4-10-17)21(28)16-29-23-20(15-24)18-11-5-6-12-19(18)22(25-23)27-13-7-8-14-27/h2-4,9-10H,5-8,11-14,16H2,1H3. The van der Waals surface area contributed by atoms with Gasteiger partial charge in [0.05, 0.1) is 11.3 Å². The molecule has 1 aliphatic heterocycles. The molecule has 2 heterocycles. The zero-order chi connectivity index (χ0) is 20.2. The van der Waals surface area contributed by atoms with Crippen LogP contribution in [0.4, 0.5) is 11.5 Å². The largest absolute Gasteiger partial charge is 0.356 e. The third-order valence-corrected chi connectivity index (χ3v) is 6.79. The van der Waals surface area contributed by atoms with Gasteiger partial charge in [0.15, 0.2) is 0 Å². The van der Waals surface area contributed by atoms with Gasteiger partial charge >= 0.3 is 0 Å². The van der Waals surface area contributed by atoms with Gasteiger partial charge in [-0.3, -0.25) is 4.79 Å². The maximum atomic E-state index is 12.7. The summed E-state index contributed by atoms with van der Waals surface area (Å²) in [5.41, 5.74) is 3.99.